The number of carbonyl (C=O) groups excluding carboxylic acids is 1. The number of para-hydroxylation sites is 1. The fraction of sp³-hybridized carbons (Fsp3) is 0.250. The third-order valence-corrected chi connectivity index (χ3v) is 4.49. The van der Waals surface area contributed by atoms with Crippen LogP contribution in [0.4, 0.5) is 5.69 Å². The van der Waals surface area contributed by atoms with Crippen molar-refractivity contribution in [1.29, 1.82) is 0 Å². The van der Waals surface area contributed by atoms with Gasteiger partial charge in [0.2, 0.25) is 0 Å². The Kier molecular flexibility index (Phi) is 3.40. The van der Waals surface area contributed by atoms with Crippen LogP contribution >= 0.6 is 11.3 Å². The van der Waals surface area contributed by atoms with E-state index >= 15 is 0 Å². The molecule has 20 heavy (non-hydrogen) atoms. The van der Waals surface area contributed by atoms with Crippen LogP contribution in [0.2, 0.25) is 0 Å². The van der Waals surface area contributed by atoms with E-state index < -0.39 is 0 Å². The van der Waals surface area contributed by atoms with E-state index in [9.17, 15) is 4.79 Å². The summed E-state index contributed by atoms with van der Waals surface area (Å²) >= 11 is 1.75. The Balaban J connectivity index is 1.82. The maximum atomic E-state index is 12.5. The summed E-state index contributed by atoms with van der Waals surface area (Å²) < 4.78 is 0. The van der Waals surface area contributed by atoms with Gasteiger partial charge in [-0.15, -0.1) is 11.3 Å². The molecule has 3 rings (SSSR count). The normalized spacial score (nSPS) is 18.5. The molecule has 0 N–H and O–H groups in total. The summed E-state index contributed by atoms with van der Waals surface area (Å²) in [6, 6.07) is 13.8. The molecule has 0 fully saturated rings. The standard InChI is InChI=1S/C16H16N2OS/c1-11-8-9-14(20-11)10-15-12(2)17-18(16(15)19)13-6-4-3-5-7-13/h3-9,15H,10H2,1-2H3. The van der Waals surface area contributed by atoms with E-state index in [1.54, 1.807) is 11.3 Å². The largest absolute Gasteiger partial charge is 0.272 e. The van der Waals surface area contributed by atoms with Crippen LogP contribution < -0.4 is 5.01 Å². The van der Waals surface area contributed by atoms with Crippen molar-refractivity contribution >= 4 is 28.6 Å². The lowest BCUT2D eigenvalue weighted by atomic mass is 9.99. The van der Waals surface area contributed by atoms with Crippen LogP contribution in [0.5, 0.6) is 0 Å². The van der Waals surface area contributed by atoms with Crippen LogP contribution in [-0.4, -0.2) is 11.6 Å². The van der Waals surface area contributed by atoms with Crippen LogP contribution in [0.1, 0.15) is 16.7 Å². The molecular formula is C16H16N2OS. The fourth-order valence-corrected chi connectivity index (χ4v) is 3.32. The Labute approximate surface area is 122 Å². The van der Waals surface area contributed by atoms with Crippen molar-refractivity contribution in [3.8, 4) is 0 Å². The van der Waals surface area contributed by atoms with E-state index in [1.165, 1.54) is 14.8 Å². The minimum Gasteiger partial charge on any atom is -0.272 e. The highest BCUT2D eigenvalue weighted by molar-refractivity contribution is 7.11. The molecule has 0 saturated heterocycles. The maximum Gasteiger partial charge on any atom is 0.256 e. The molecule has 0 bridgehead atoms. The Morgan fingerprint density at radius 1 is 1.15 bits per heavy atom. The van der Waals surface area contributed by atoms with Gasteiger partial charge in [0, 0.05) is 15.5 Å². The minimum atomic E-state index is -0.131. The summed E-state index contributed by atoms with van der Waals surface area (Å²) in [7, 11) is 0. The first-order valence-electron chi connectivity index (χ1n) is 6.64. The number of hydrazone groups is 1. The molecule has 1 amide bonds. The molecule has 1 unspecified atom stereocenters. The van der Waals surface area contributed by atoms with Gasteiger partial charge in [-0.05, 0) is 44.5 Å². The van der Waals surface area contributed by atoms with Gasteiger partial charge in [-0.2, -0.15) is 5.10 Å². The number of anilines is 1. The van der Waals surface area contributed by atoms with Gasteiger partial charge < -0.3 is 0 Å². The Bertz CT molecular complexity index is 660. The Morgan fingerprint density at radius 3 is 2.55 bits per heavy atom. The first-order valence-corrected chi connectivity index (χ1v) is 7.46. The number of amides is 1. The molecule has 2 aromatic rings. The topological polar surface area (TPSA) is 32.7 Å². The molecule has 2 heterocycles. The predicted molar refractivity (Wildman–Crippen MR) is 83.3 cm³/mol. The summed E-state index contributed by atoms with van der Waals surface area (Å²) in [6.07, 6.45) is 0.746. The molecule has 0 spiro atoms. The van der Waals surface area contributed by atoms with Crippen molar-refractivity contribution in [1.82, 2.24) is 0 Å². The molecule has 1 atom stereocenters. The van der Waals surface area contributed by atoms with Crippen molar-refractivity contribution in [3.05, 3.63) is 52.2 Å². The van der Waals surface area contributed by atoms with E-state index in [0.29, 0.717) is 0 Å². The summed E-state index contributed by atoms with van der Waals surface area (Å²) in [5.74, 6) is -0.0620. The molecule has 0 aliphatic carbocycles. The highest BCUT2D eigenvalue weighted by atomic mass is 32.1. The molecule has 1 aliphatic heterocycles. The number of carbonyl (C=O) groups is 1. The second-order valence-corrected chi connectivity index (χ2v) is 6.37. The number of benzene rings is 1. The third-order valence-electron chi connectivity index (χ3n) is 3.47. The van der Waals surface area contributed by atoms with Gasteiger partial charge >= 0.3 is 0 Å². The molecule has 0 radical (unpaired) electrons. The van der Waals surface area contributed by atoms with Crippen molar-refractivity contribution in [3.63, 3.8) is 0 Å². The van der Waals surface area contributed by atoms with E-state index in [2.05, 4.69) is 24.2 Å². The molecule has 0 saturated carbocycles. The summed E-state index contributed by atoms with van der Waals surface area (Å²) in [4.78, 5) is 15.1. The van der Waals surface area contributed by atoms with Gasteiger partial charge in [0.1, 0.15) is 0 Å². The van der Waals surface area contributed by atoms with Crippen molar-refractivity contribution in [2.75, 3.05) is 5.01 Å². The average Bonchev–Trinajstić information content (AvgIpc) is 2.98. The van der Waals surface area contributed by atoms with E-state index in [0.717, 1.165) is 17.8 Å². The van der Waals surface area contributed by atoms with Gasteiger partial charge in [-0.25, -0.2) is 5.01 Å². The van der Waals surface area contributed by atoms with E-state index in [1.807, 2.05) is 37.3 Å². The summed E-state index contributed by atoms with van der Waals surface area (Å²) in [5.41, 5.74) is 1.73. The second kappa shape index (κ2) is 5.21. The average molecular weight is 284 g/mol. The molecular weight excluding hydrogens is 268 g/mol. The number of thiophene rings is 1. The minimum absolute atomic E-state index is 0.0692. The molecule has 1 aromatic heterocycles. The van der Waals surface area contributed by atoms with Crippen LogP contribution in [0.25, 0.3) is 0 Å². The van der Waals surface area contributed by atoms with Gasteiger partial charge in [-0.3, -0.25) is 4.79 Å². The maximum absolute atomic E-state index is 12.5. The number of hydrogen-bond donors (Lipinski definition) is 0. The van der Waals surface area contributed by atoms with Crippen LogP contribution in [0.3, 0.4) is 0 Å². The first kappa shape index (κ1) is 13.1. The van der Waals surface area contributed by atoms with E-state index in [-0.39, 0.29) is 11.8 Å². The Morgan fingerprint density at radius 2 is 1.90 bits per heavy atom. The molecule has 102 valence electrons. The van der Waals surface area contributed by atoms with Crippen LogP contribution in [-0.2, 0) is 11.2 Å². The lowest BCUT2D eigenvalue weighted by Gasteiger charge is -2.13. The molecule has 3 nitrogen and oxygen atoms in total. The SMILES string of the molecule is CC1=NN(c2ccccc2)C(=O)C1Cc1ccc(C)s1. The van der Waals surface area contributed by atoms with Crippen LogP contribution in [0.15, 0.2) is 47.6 Å². The van der Waals surface area contributed by atoms with Gasteiger partial charge in [-0.1, -0.05) is 18.2 Å². The fourth-order valence-electron chi connectivity index (χ4n) is 2.39. The van der Waals surface area contributed by atoms with Gasteiger partial charge in [0.15, 0.2) is 0 Å². The second-order valence-electron chi connectivity index (χ2n) is 5.00. The lowest BCUT2D eigenvalue weighted by Crippen LogP contribution is -2.28. The molecule has 1 aromatic carbocycles. The van der Waals surface area contributed by atoms with E-state index in [4.69, 9.17) is 0 Å². The van der Waals surface area contributed by atoms with Gasteiger partial charge in [0.05, 0.1) is 11.6 Å². The van der Waals surface area contributed by atoms with Crippen molar-refractivity contribution in [2.24, 2.45) is 11.0 Å². The third kappa shape index (κ3) is 2.39. The number of aryl methyl sites for hydroxylation is 1. The van der Waals surface area contributed by atoms with Crippen molar-refractivity contribution < 1.29 is 4.79 Å². The van der Waals surface area contributed by atoms with Crippen LogP contribution in [0, 0.1) is 12.8 Å². The van der Waals surface area contributed by atoms with Crippen molar-refractivity contribution in [2.45, 2.75) is 20.3 Å². The smallest absolute Gasteiger partial charge is 0.256 e. The quantitative estimate of drug-likeness (QED) is 0.847. The number of rotatable bonds is 3. The zero-order valence-electron chi connectivity index (χ0n) is 11.5. The summed E-state index contributed by atoms with van der Waals surface area (Å²) in [5, 5.41) is 5.96. The van der Waals surface area contributed by atoms with Gasteiger partial charge in [0.25, 0.3) is 5.91 Å². The summed E-state index contributed by atoms with van der Waals surface area (Å²) in [6.45, 7) is 4.02. The number of hydrogen-bond acceptors (Lipinski definition) is 3. The molecule has 1 aliphatic rings. The zero-order valence-corrected chi connectivity index (χ0v) is 12.4. The molecule has 4 heteroatoms. The number of nitrogens with zero attached hydrogens (tertiary/aromatic N) is 2. The zero-order chi connectivity index (χ0) is 14.1. The highest BCUT2D eigenvalue weighted by Crippen LogP contribution is 2.27. The highest BCUT2D eigenvalue weighted by Gasteiger charge is 2.34. The Hall–Kier alpha value is -1.94. The lowest BCUT2D eigenvalue weighted by molar-refractivity contribution is -0.119. The first-order chi connectivity index (χ1) is 9.65. The monoisotopic (exact) mass is 284 g/mol. The predicted octanol–water partition coefficient (Wildman–Crippen LogP) is 3.64.